The molecule has 0 spiro atoms. The van der Waals surface area contributed by atoms with E-state index in [4.69, 9.17) is 11.6 Å². The topological polar surface area (TPSA) is 52.6 Å². The molecular formula is C19H21ClN2O2. The lowest BCUT2D eigenvalue weighted by atomic mass is 10.1. The van der Waals surface area contributed by atoms with Crippen LogP contribution in [0.25, 0.3) is 0 Å². The molecule has 3 rings (SSSR count). The van der Waals surface area contributed by atoms with Crippen LogP contribution < -0.4 is 5.32 Å². The lowest BCUT2D eigenvalue weighted by Gasteiger charge is -2.28. The minimum Gasteiger partial charge on any atom is -0.506 e. The lowest BCUT2D eigenvalue weighted by Crippen LogP contribution is -2.36. The van der Waals surface area contributed by atoms with E-state index in [-0.39, 0.29) is 22.7 Å². The highest BCUT2D eigenvalue weighted by Gasteiger charge is 2.24. The van der Waals surface area contributed by atoms with Gasteiger partial charge in [0.05, 0.1) is 11.1 Å². The molecule has 2 aromatic rings. The van der Waals surface area contributed by atoms with Gasteiger partial charge in [0.1, 0.15) is 5.75 Å². The molecule has 1 fully saturated rings. The average Bonchev–Trinajstić information content (AvgIpc) is 3.12. The van der Waals surface area contributed by atoms with Gasteiger partial charge in [0.15, 0.2) is 0 Å². The standard InChI is InChI=1S/C19H21ClN2O2/c20-16-12-15(8-9-18(16)23)19(24)21-13-17(22-10-4-5-11-22)14-6-2-1-3-7-14/h1-3,6-9,12,17,23H,4-5,10-11,13H2,(H,21,24)/t17-/m0/s1. The molecule has 1 aliphatic rings. The molecule has 1 saturated heterocycles. The molecule has 5 heteroatoms. The fourth-order valence-electron chi connectivity index (χ4n) is 3.13. The molecule has 0 unspecified atom stereocenters. The van der Waals surface area contributed by atoms with Gasteiger partial charge in [0.25, 0.3) is 5.91 Å². The number of hydrogen-bond donors (Lipinski definition) is 2. The van der Waals surface area contributed by atoms with Crippen molar-refractivity contribution >= 4 is 17.5 Å². The summed E-state index contributed by atoms with van der Waals surface area (Å²) in [5, 5.41) is 12.6. The molecule has 1 atom stereocenters. The minimum absolute atomic E-state index is 0.0209. The Morgan fingerprint density at radius 3 is 2.54 bits per heavy atom. The van der Waals surface area contributed by atoms with E-state index in [9.17, 15) is 9.90 Å². The Morgan fingerprint density at radius 2 is 1.88 bits per heavy atom. The molecule has 126 valence electrons. The first kappa shape index (κ1) is 16.8. The number of carbonyl (C=O) groups is 1. The van der Waals surface area contributed by atoms with Crippen LogP contribution in [0.4, 0.5) is 0 Å². The fourth-order valence-corrected chi connectivity index (χ4v) is 3.31. The molecule has 1 amide bonds. The maximum atomic E-state index is 12.4. The minimum atomic E-state index is -0.183. The molecule has 0 aromatic heterocycles. The van der Waals surface area contributed by atoms with Crippen molar-refractivity contribution in [1.29, 1.82) is 0 Å². The zero-order valence-corrected chi connectivity index (χ0v) is 14.2. The number of halogens is 1. The summed E-state index contributed by atoms with van der Waals surface area (Å²) in [6.07, 6.45) is 2.40. The maximum absolute atomic E-state index is 12.4. The Morgan fingerprint density at radius 1 is 1.17 bits per heavy atom. The summed E-state index contributed by atoms with van der Waals surface area (Å²) in [5.74, 6) is -0.204. The van der Waals surface area contributed by atoms with Crippen molar-refractivity contribution in [3.8, 4) is 5.75 Å². The van der Waals surface area contributed by atoms with Crippen LogP contribution in [0.3, 0.4) is 0 Å². The number of rotatable bonds is 5. The number of nitrogens with zero attached hydrogens (tertiary/aromatic N) is 1. The van der Waals surface area contributed by atoms with Gasteiger partial charge in [-0.15, -0.1) is 0 Å². The largest absolute Gasteiger partial charge is 0.506 e. The number of aromatic hydroxyl groups is 1. The maximum Gasteiger partial charge on any atom is 0.251 e. The molecule has 0 bridgehead atoms. The quantitative estimate of drug-likeness (QED) is 0.871. The number of phenolic OH excluding ortho intramolecular Hbond substituents is 1. The monoisotopic (exact) mass is 344 g/mol. The third kappa shape index (κ3) is 3.89. The molecule has 0 saturated carbocycles. The van der Waals surface area contributed by atoms with E-state index in [1.807, 2.05) is 18.2 Å². The Balaban J connectivity index is 1.71. The summed E-state index contributed by atoms with van der Waals surface area (Å²) in [7, 11) is 0. The van der Waals surface area contributed by atoms with Crippen LogP contribution in [-0.2, 0) is 0 Å². The second-order valence-electron chi connectivity index (χ2n) is 6.05. The number of likely N-dealkylation sites (tertiary alicyclic amines) is 1. The molecule has 0 radical (unpaired) electrons. The first-order valence-electron chi connectivity index (χ1n) is 8.21. The highest BCUT2D eigenvalue weighted by molar-refractivity contribution is 6.32. The van der Waals surface area contributed by atoms with Crippen molar-refractivity contribution < 1.29 is 9.90 Å². The molecule has 24 heavy (non-hydrogen) atoms. The van der Waals surface area contributed by atoms with Crippen molar-refractivity contribution in [3.63, 3.8) is 0 Å². The summed E-state index contributed by atoms with van der Waals surface area (Å²) in [5.41, 5.74) is 1.66. The number of benzene rings is 2. The predicted octanol–water partition coefficient (Wildman–Crippen LogP) is 3.61. The van der Waals surface area contributed by atoms with E-state index in [0.717, 1.165) is 13.1 Å². The number of phenols is 1. The summed E-state index contributed by atoms with van der Waals surface area (Å²) < 4.78 is 0. The highest BCUT2D eigenvalue weighted by atomic mass is 35.5. The second kappa shape index (κ2) is 7.69. The van der Waals surface area contributed by atoms with Gasteiger partial charge in [-0.05, 0) is 49.7 Å². The third-order valence-corrected chi connectivity index (χ3v) is 4.73. The lowest BCUT2D eigenvalue weighted by molar-refractivity contribution is 0.0938. The van der Waals surface area contributed by atoms with Crippen LogP contribution in [0.1, 0.15) is 34.8 Å². The summed E-state index contributed by atoms with van der Waals surface area (Å²) in [6, 6.07) is 14.9. The summed E-state index contributed by atoms with van der Waals surface area (Å²) in [4.78, 5) is 14.8. The van der Waals surface area contributed by atoms with Crippen LogP contribution in [0.15, 0.2) is 48.5 Å². The van der Waals surface area contributed by atoms with E-state index < -0.39 is 0 Å². The van der Waals surface area contributed by atoms with E-state index in [0.29, 0.717) is 12.1 Å². The van der Waals surface area contributed by atoms with Gasteiger partial charge in [0.2, 0.25) is 0 Å². The van der Waals surface area contributed by atoms with Gasteiger partial charge in [-0.1, -0.05) is 41.9 Å². The van der Waals surface area contributed by atoms with E-state index >= 15 is 0 Å². The SMILES string of the molecule is O=C(NC[C@@H](c1ccccc1)N1CCCC1)c1ccc(O)c(Cl)c1. The zero-order chi connectivity index (χ0) is 16.9. The second-order valence-corrected chi connectivity index (χ2v) is 6.45. The zero-order valence-electron chi connectivity index (χ0n) is 13.4. The smallest absolute Gasteiger partial charge is 0.251 e. The van der Waals surface area contributed by atoms with Crippen molar-refractivity contribution in [2.45, 2.75) is 18.9 Å². The number of amides is 1. The molecule has 2 aromatic carbocycles. The van der Waals surface area contributed by atoms with Crippen LogP contribution in [0, 0.1) is 0 Å². The van der Waals surface area contributed by atoms with Crippen LogP contribution >= 0.6 is 11.6 Å². The van der Waals surface area contributed by atoms with Crippen molar-refractivity contribution in [2.75, 3.05) is 19.6 Å². The Labute approximate surface area is 147 Å². The van der Waals surface area contributed by atoms with Crippen molar-refractivity contribution in [2.24, 2.45) is 0 Å². The van der Waals surface area contributed by atoms with Gasteiger partial charge < -0.3 is 10.4 Å². The number of hydrogen-bond acceptors (Lipinski definition) is 3. The molecule has 2 N–H and O–H groups in total. The molecule has 4 nitrogen and oxygen atoms in total. The average molecular weight is 345 g/mol. The third-order valence-electron chi connectivity index (χ3n) is 4.43. The Bertz CT molecular complexity index is 700. The Kier molecular flexibility index (Phi) is 5.38. The highest BCUT2D eigenvalue weighted by Crippen LogP contribution is 2.25. The summed E-state index contributed by atoms with van der Waals surface area (Å²) in [6.45, 7) is 2.66. The Hall–Kier alpha value is -2.04. The van der Waals surface area contributed by atoms with E-state index in [1.54, 1.807) is 6.07 Å². The fraction of sp³-hybridized carbons (Fsp3) is 0.316. The number of carbonyl (C=O) groups excluding carboxylic acids is 1. The molecule has 1 heterocycles. The first-order valence-corrected chi connectivity index (χ1v) is 8.58. The van der Waals surface area contributed by atoms with Crippen LogP contribution in [-0.4, -0.2) is 35.5 Å². The van der Waals surface area contributed by atoms with Gasteiger partial charge in [0, 0.05) is 12.1 Å². The number of nitrogens with one attached hydrogen (secondary N) is 1. The van der Waals surface area contributed by atoms with Crippen LogP contribution in [0.5, 0.6) is 5.75 Å². The normalized spacial score (nSPS) is 16.0. The first-order chi connectivity index (χ1) is 11.6. The van der Waals surface area contributed by atoms with E-state index in [1.165, 1.54) is 30.5 Å². The van der Waals surface area contributed by atoms with Gasteiger partial charge >= 0.3 is 0 Å². The van der Waals surface area contributed by atoms with Crippen molar-refractivity contribution in [1.82, 2.24) is 10.2 Å². The summed E-state index contributed by atoms with van der Waals surface area (Å²) >= 11 is 5.88. The molecular weight excluding hydrogens is 324 g/mol. The van der Waals surface area contributed by atoms with Gasteiger partial charge in [-0.25, -0.2) is 0 Å². The molecule has 1 aliphatic heterocycles. The van der Waals surface area contributed by atoms with Gasteiger partial charge in [-0.3, -0.25) is 9.69 Å². The van der Waals surface area contributed by atoms with Crippen molar-refractivity contribution in [3.05, 3.63) is 64.7 Å². The van der Waals surface area contributed by atoms with Gasteiger partial charge in [-0.2, -0.15) is 0 Å². The van der Waals surface area contributed by atoms with Crippen LogP contribution in [0.2, 0.25) is 5.02 Å². The molecule has 0 aliphatic carbocycles. The van der Waals surface area contributed by atoms with E-state index in [2.05, 4.69) is 22.3 Å². The predicted molar refractivity (Wildman–Crippen MR) is 95.4 cm³/mol.